The zero-order valence-electron chi connectivity index (χ0n) is 18.0. The molecular formula is C24H28IN5O2. The fourth-order valence-corrected chi connectivity index (χ4v) is 3.36. The molecule has 8 heteroatoms. The van der Waals surface area contributed by atoms with Gasteiger partial charge in [0.2, 0.25) is 11.8 Å². The second kappa shape index (κ2) is 11.7. The lowest BCUT2D eigenvalue weighted by atomic mass is 9.85. The molecule has 2 aromatic carbocycles. The second-order valence-corrected chi connectivity index (χ2v) is 7.61. The number of aromatic nitrogens is 1. The van der Waals surface area contributed by atoms with Crippen molar-refractivity contribution in [2.45, 2.75) is 32.4 Å². The van der Waals surface area contributed by atoms with E-state index < -0.39 is 0 Å². The zero-order valence-corrected chi connectivity index (χ0v) is 20.3. The summed E-state index contributed by atoms with van der Waals surface area (Å²) in [6.07, 6.45) is 4.79. The first-order chi connectivity index (χ1) is 15.2. The maximum Gasteiger partial charge on any atom is 0.227 e. The lowest BCUT2D eigenvalue weighted by molar-refractivity contribution is -0.122. The highest BCUT2D eigenvalue weighted by Crippen LogP contribution is 2.27. The van der Waals surface area contributed by atoms with Crippen LogP contribution in [-0.2, 0) is 17.9 Å². The molecule has 1 aliphatic carbocycles. The van der Waals surface area contributed by atoms with Crippen molar-refractivity contribution in [3.8, 4) is 11.5 Å². The van der Waals surface area contributed by atoms with Crippen LogP contribution in [0.4, 0.5) is 5.69 Å². The maximum absolute atomic E-state index is 12.2. The van der Waals surface area contributed by atoms with E-state index in [0.29, 0.717) is 24.9 Å². The average Bonchev–Trinajstić information content (AvgIpc) is 3.22. The van der Waals surface area contributed by atoms with Crippen LogP contribution in [0.1, 0.15) is 30.5 Å². The molecule has 0 saturated heterocycles. The van der Waals surface area contributed by atoms with Crippen LogP contribution in [0.3, 0.4) is 0 Å². The maximum atomic E-state index is 12.2. The van der Waals surface area contributed by atoms with E-state index in [1.807, 2.05) is 54.6 Å². The summed E-state index contributed by atoms with van der Waals surface area (Å²) >= 11 is 0. The molecule has 0 bridgehead atoms. The van der Waals surface area contributed by atoms with E-state index in [-0.39, 0.29) is 35.8 Å². The van der Waals surface area contributed by atoms with Crippen LogP contribution in [0.5, 0.6) is 0 Å². The minimum Gasteiger partial charge on any atom is -0.444 e. The van der Waals surface area contributed by atoms with Crippen LogP contribution in [0.25, 0.3) is 11.5 Å². The SMILES string of the molecule is CN=C(NCc1cccc(NC(=O)C2CCC2)c1)NCc1coc(-c2ccccc2)n1.I. The smallest absolute Gasteiger partial charge is 0.227 e. The van der Waals surface area contributed by atoms with Crippen molar-refractivity contribution < 1.29 is 9.21 Å². The topological polar surface area (TPSA) is 91.5 Å². The lowest BCUT2D eigenvalue weighted by Crippen LogP contribution is -2.36. The third kappa shape index (κ3) is 6.32. The molecule has 4 rings (SSSR count). The van der Waals surface area contributed by atoms with Gasteiger partial charge in [-0.2, -0.15) is 0 Å². The molecule has 1 heterocycles. The Labute approximate surface area is 205 Å². The summed E-state index contributed by atoms with van der Waals surface area (Å²) in [7, 11) is 1.72. The van der Waals surface area contributed by atoms with Gasteiger partial charge < -0.3 is 20.4 Å². The molecule has 3 N–H and O–H groups in total. The van der Waals surface area contributed by atoms with E-state index in [9.17, 15) is 4.79 Å². The molecule has 1 saturated carbocycles. The number of hydrogen-bond acceptors (Lipinski definition) is 4. The van der Waals surface area contributed by atoms with Crippen LogP contribution in [0.15, 0.2) is 70.3 Å². The van der Waals surface area contributed by atoms with Gasteiger partial charge in [0.15, 0.2) is 5.96 Å². The summed E-state index contributed by atoms with van der Waals surface area (Å²) in [6, 6.07) is 17.7. The Balaban J connectivity index is 0.00000289. The van der Waals surface area contributed by atoms with Gasteiger partial charge in [-0.1, -0.05) is 36.8 Å². The first-order valence-corrected chi connectivity index (χ1v) is 10.6. The largest absolute Gasteiger partial charge is 0.444 e. The van der Waals surface area contributed by atoms with Crippen molar-refractivity contribution >= 4 is 41.5 Å². The summed E-state index contributed by atoms with van der Waals surface area (Å²) in [5.41, 5.74) is 3.63. The van der Waals surface area contributed by atoms with Crippen molar-refractivity contribution in [2.75, 3.05) is 12.4 Å². The second-order valence-electron chi connectivity index (χ2n) is 7.61. The Morgan fingerprint density at radius 2 is 1.88 bits per heavy atom. The number of nitrogens with one attached hydrogen (secondary N) is 3. The predicted octanol–water partition coefficient (Wildman–Crippen LogP) is 4.56. The van der Waals surface area contributed by atoms with E-state index in [0.717, 1.165) is 41.8 Å². The Morgan fingerprint density at radius 3 is 2.59 bits per heavy atom. The number of carbonyl (C=O) groups is 1. The molecule has 1 amide bonds. The molecule has 0 radical (unpaired) electrons. The molecule has 0 spiro atoms. The number of aliphatic imine (C=N–C) groups is 1. The molecule has 1 aliphatic rings. The quantitative estimate of drug-likeness (QED) is 0.230. The summed E-state index contributed by atoms with van der Waals surface area (Å²) < 4.78 is 5.57. The first-order valence-electron chi connectivity index (χ1n) is 10.6. The number of nitrogens with zero attached hydrogens (tertiary/aromatic N) is 2. The highest BCUT2D eigenvalue weighted by Gasteiger charge is 2.25. The Hall–Kier alpha value is -2.88. The van der Waals surface area contributed by atoms with Gasteiger partial charge in [0.25, 0.3) is 0 Å². The number of guanidine groups is 1. The lowest BCUT2D eigenvalue weighted by Gasteiger charge is -2.24. The number of rotatable bonds is 7. The van der Waals surface area contributed by atoms with Crippen molar-refractivity contribution in [3.63, 3.8) is 0 Å². The van der Waals surface area contributed by atoms with Crippen LogP contribution in [-0.4, -0.2) is 23.9 Å². The minimum absolute atomic E-state index is 0. The molecule has 32 heavy (non-hydrogen) atoms. The van der Waals surface area contributed by atoms with Gasteiger partial charge in [0.1, 0.15) is 6.26 Å². The normalized spacial score (nSPS) is 13.6. The molecule has 1 fully saturated rings. The summed E-state index contributed by atoms with van der Waals surface area (Å²) in [5, 5.41) is 9.55. The number of oxazole rings is 1. The van der Waals surface area contributed by atoms with Crippen LogP contribution >= 0.6 is 24.0 Å². The third-order valence-electron chi connectivity index (χ3n) is 5.36. The highest BCUT2D eigenvalue weighted by atomic mass is 127. The summed E-state index contributed by atoms with van der Waals surface area (Å²) in [6.45, 7) is 1.08. The van der Waals surface area contributed by atoms with Gasteiger partial charge in [-0.05, 0) is 42.7 Å². The molecular weight excluding hydrogens is 517 g/mol. The molecule has 168 valence electrons. The molecule has 3 aromatic rings. The highest BCUT2D eigenvalue weighted by molar-refractivity contribution is 14.0. The fourth-order valence-electron chi connectivity index (χ4n) is 3.36. The molecule has 1 aromatic heterocycles. The monoisotopic (exact) mass is 545 g/mol. The Bertz CT molecular complexity index is 1050. The van der Waals surface area contributed by atoms with Gasteiger partial charge in [-0.3, -0.25) is 9.79 Å². The number of hydrogen-bond donors (Lipinski definition) is 3. The number of benzene rings is 2. The van der Waals surface area contributed by atoms with E-state index in [1.165, 1.54) is 0 Å². The first kappa shape index (κ1) is 23.8. The van der Waals surface area contributed by atoms with Gasteiger partial charge >= 0.3 is 0 Å². The van der Waals surface area contributed by atoms with Crippen LogP contribution < -0.4 is 16.0 Å². The zero-order chi connectivity index (χ0) is 21.5. The van der Waals surface area contributed by atoms with Gasteiger partial charge in [-0.15, -0.1) is 24.0 Å². The Kier molecular flexibility index (Phi) is 8.66. The summed E-state index contributed by atoms with van der Waals surface area (Å²) in [4.78, 5) is 20.9. The van der Waals surface area contributed by atoms with E-state index in [2.05, 4.69) is 25.9 Å². The van der Waals surface area contributed by atoms with Crippen LogP contribution in [0, 0.1) is 5.92 Å². The minimum atomic E-state index is 0. The van der Waals surface area contributed by atoms with Gasteiger partial charge in [0, 0.05) is 30.8 Å². The van der Waals surface area contributed by atoms with Crippen molar-refractivity contribution in [3.05, 3.63) is 72.1 Å². The molecule has 7 nitrogen and oxygen atoms in total. The number of amides is 1. The standard InChI is InChI=1S/C24H27N5O2.HI/c1-25-24(27-15-21-16-31-23(29-21)19-8-3-2-4-9-19)26-14-17-7-5-12-20(13-17)28-22(30)18-10-6-11-18;/h2-5,7-9,12-13,16,18H,6,10-11,14-15H2,1H3,(H,28,30)(H2,25,26,27);1H. The van der Waals surface area contributed by atoms with E-state index >= 15 is 0 Å². The predicted molar refractivity (Wildman–Crippen MR) is 137 cm³/mol. The fraction of sp³-hybridized carbons (Fsp3) is 0.292. The number of carbonyl (C=O) groups excluding carboxylic acids is 1. The van der Waals surface area contributed by atoms with Gasteiger partial charge in [-0.25, -0.2) is 4.98 Å². The van der Waals surface area contributed by atoms with E-state index in [1.54, 1.807) is 13.3 Å². The summed E-state index contributed by atoms with van der Waals surface area (Å²) in [5.74, 6) is 1.55. The number of halogens is 1. The van der Waals surface area contributed by atoms with Crippen LogP contribution in [0.2, 0.25) is 0 Å². The third-order valence-corrected chi connectivity index (χ3v) is 5.36. The molecule has 0 unspecified atom stereocenters. The average molecular weight is 545 g/mol. The van der Waals surface area contributed by atoms with Crippen molar-refractivity contribution in [1.82, 2.24) is 15.6 Å². The van der Waals surface area contributed by atoms with Crippen molar-refractivity contribution in [2.24, 2.45) is 10.9 Å². The van der Waals surface area contributed by atoms with Gasteiger partial charge in [0.05, 0.1) is 12.2 Å². The van der Waals surface area contributed by atoms with Crippen molar-refractivity contribution in [1.29, 1.82) is 0 Å². The molecule has 0 aliphatic heterocycles. The Morgan fingerprint density at radius 1 is 1.09 bits per heavy atom. The number of anilines is 1. The molecule has 0 atom stereocenters. The van der Waals surface area contributed by atoms with E-state index in [4.69, 9.17) is 4.42 Å².